The highest BCUT2D eigenvalue weighted by molar-refractivity contribution is 7.80. The molecule has 0 saturated heterocycles. The topological polar surface area (TPSA) is 87.5 Å². The molecule has 0 bridgehead atoms. The average Bonchev–Trinajstić information content (AvgIpc) is 2.88. The highest BCUT2D eigenvalue weighted by Crippen LogP contribution is 2.25. The summed E-state index contributed by atoms with van der Waals surface area (Å²) < 4.78 is 0. The van der Waals surface area contributed by atoms with Gasteiger partial charge in [0, 0.05) is 19.6 Å². The molecule has 1 fully saturated rings. The van der Waals surface area contributed by atoms with Gasteiger partial charge in [-0.1, -0.05) is 25.1 Å². The Morgan fingerprint density at radius 1 is 1.42 bits per heavy atom. The Hall–Kier alpha value is -1.21. The summed E-state index contributed by atoms with van der Waals surface area (Å²) >= 11 is 4.95. The lowest BCUT2D eigenvalue weighted by atomic mass is 10.1. The number of rotatable bonds is 5. The summed E-state index contributed by atoms with van der Waals surface area (Å²) in [6.45, 7) is 2.18. The fourth-order valence-electron chi connectivity index (χ4n) is 2.43. The lowest BCUT2D eigenvalue weighted by molar-refractivity contribution is -0.125. The van der Waals surface area contributed by atoms with E-state index < -0.39 is 12.1 Å². The van der Waals surface area contributed by atoms with Gasteiger partial charge >= 0.3 is 6.03 Å². The van der Waals surface area contributed by atoms with Gasteiger partial charge in [0.05, 0.1) is 11.0 Å². The highest BCUT2D eigenvalue weighted by atomic mass is 32.1. The van der Waals surface area contributed by atoms with Crippen LogP contribution in [0.15, 0.2) is 0 Å². The molecular formula is C12H22N4O2S. The fourth-order valence-corrected chi connectivity index (χ4v) is 2.58. The van der Waals surface area contributed by atoms with E-state index in [1.54, 1.807) is 6.92 Å². The van der Waals surface area contributed by atoms with Crippen LogP contribution in [0.25, 0.3) is 0 Å². The predicted molar refractivity (Wildman–Crippen MR) is 77.8 cm³/mol. The number of urea groups is 1. The predicted octanol–water partition coefficient (Wildman–Crippen LogP) is 0.361. The first-order valence-electron chi connectivity index (χ1n) is 6.52. The standard InChI is InChI=1S/C12H22N4O2S/c1-8(11(17)15-12(18)14-2)16(7-10(13)19)9-5-3-4-6-9/h8-9H,3-7H2,1-2H3,(H2,13,19)(H2,14,15,17,18). The second-order valence-corrected chi connectivity index (χ2v) is 5.35. The van der Waals surface area contributed by atoms with Crippen molar-refractivity contribution < 1.29 is 9.59 Å². The van der Waals surface area contributed by atoms with Crippen molar-refractivity contribution in [3.05, 3.63) is 0 Å². The van der Waals surface area contributed by atoms with E-state index in [1.165, 1.54) is 7.05 Å². The maximum absolute atomic E-state index is 12.0. The number of nitrogens with two attached hydrogens (primary N) is 1. The monoisotopic (exact) mass is 286 g/mol. The van der Waals surface area contributed by atoms with Crippen LogP contribution in [0, 0.1) is 0 Å². The van der Waals surface area contributed by atoms with Crippen molar-refractivity contribution in [3.63, 3.8) is 0 Å². The fraction of sp³-hybridized carbons (Fsp3) is 0.750. The largest absolute Gasteiger partial charge is 0.392 e. The number of carbonyl (C=O) groups excluding carboxylic acids is 2. The van der Waals surface area contributed by atoms with Crippen molar-refractivity contribution in [2.75, 3.05) is 13.6 Å². The molecule has 0 radical (unpaired) electrons. The third-order valence-corrected chi connectivity index (χ3v) is 3.60. The second-order valence-electron chi connectivity index (χ2n) is 4.82. The van der Waals surface area contributed by atoms with E-state index in [4.69, 9.17) is 18.0 Å². The number of imide groups is 1. The van der Waals surface area contributed by atoms with Crippen molar-refractivity contribution in [2.24, 2.45) is 5.73 Å². The molecule has 1 atom stereocenters. The van der Waals surface area contributed by atoms with Crippen molar-refractivity contribution in [2.45, 2.75) is 44.7 Å². The lowest BCUT2D eigenvalue weighted by Gasteiger charge is -2.33. The Bertz CT molecular complexity index is 356. The first kappa shape index (κ1) is 15.8. The lowest BCUT2D eigenvalue weighted by Crippen LogP contribution is -2.53. The summed E-state index contributed by atoms with van der Waals surface area (Å²) in [6, 6.07) is -0.618. The molecular weight excluding hydrogens is 264 g/mol. The van der Waals surface area contributed by atoms with Crippen molar-refractivity contribution in [1.82, 2.24) is 15.5 Å². The average molecular weight is 286 g/mol. The van der Waals surface area contributed by atoms with Crippen LogP contribution < -0.4 is 16.4 Å². The zero-order valence-corrected chi connectivity index (χ0v) is 12.3. The first-order chi connectivity index (χ1) is 8.95. The van der Waals surface area contributed by atoms with Crippen LogP contribution in [0.4, 0.5) is 4.79 Å². The minimum absolute atomic E-state index is 0.312. The molecule has 4 N–H and O–H groups in total. The van der Waals surface area contributed by atoms with Gasteiger partial charge in [0.1, 0.15) is 0 Å². The molecule has 0 spiro atoms. The molecule has 19 heavy (non-hydrogen) atoms. The van der Waals surface area contributed by atoms with Gasteiger partial charge in [0.25, 0.3) is 0 Å². The van der Waals surface area contributed by atoms with Crippen LogP contribution in [0.3, 0.4) is 0 Å². The number of thiocarbonyl (C=S) groups is 1. The summed E-state index contributed by atoms with van der Waals surface area (Å²) in [5.41, 5.74) is 5.61. The van der Waals surface area contributed by atoms with E-state index in [0.29, 0.717) is 17.6 Å². The number of carbonyl (C=O) groups is 2. The van der Waals surface area contributed by atoms with Crippen LogP contribution in [-0.4, -0.2) is 47.5 Å². The Morgan fingerprint density at radius 3 is 2.47 bits per heavy atom. The minimum atomic E-state index is -0.501. The minimum Gasteiger partial charge on any atom is -0.392 e. The number of nitrogens with one attached hydrogen (secondary N) is 2. The first-order valence-corrected chi connectivity index (χ1v) is 6.93. The van der Waals surface area contributed by atoms with E-state index in [0.717, 1.165) is 25.7 Å². The van der Waals surface area contributed by atoms with E-state index >= 15 is 0 Å². The molecule has 0 aromatic carbocycles. The molecule has 0 aromatic heterocycles. The van der Waals surface area contributed by atoms with Gasteiger partial charge in [0.2, 0.25) is 5.91 Å². The Labute approximate surface area is 119 Å². The molecule has 1 unspecified atom stereocenters. The smallest absolute Gasteiger partial charge is 0.321 e. The summed E-state index contributed by atoms with van der Waals surface area (Å²) in [6.07, 6.45) is 4.39. The Morgan fingerprint density at radius 2 is 2.00 bits per heavy atom. The summed E-state index contributed by atoms with van der Waals surface area (Å²) in [4.78, 5) is 25.5. The molecule has 108 valence electrons. The number of nitrogens with zero attached hydrogens (tertiary/aromatic N) is 1. The number of hydrogen-bond acceptors (Lipinski definition) is 4. The summed E-state index contributed by atoms with van der Waals surface area (Å²) in [7, 11) is 1.47. The van der Waals surface area contributed by atoms with E-state index in [9.17, 15) is 9.59 Å². The van der Waals surface area contributed by atoms with Gasteiger partial charge in [-0.2, -0.15) is 0 Å². The Kier molecular flexibility index (Phi) is 6.17. The molecule has 0 heterocycles. The third-order valence-electron chi connectivity index (χ3n) is 3.47. The zero-order valence-electron chi connectivity index (χ0n) is 11.4. The van der Waals surface area contributed by atoms with Gasteiger partial charge < -0.3 is 11.1 Å². The Balaban J connectivity index is 2.69. The summed E-state index contributed by atoms with van der Waals surface area (Å²) in [5, 5.41) is 4.65. The van der Waals surface area contributed by atoms with Crippen molar-refractivity contribution in [1.29, 1.82) is 0 Å². The quantitative estimate of drug-likeness (QED) is 0.635. The molecule has 0 aliphatic heterocycles. The van der Waals surface area contributed by atoms with E-state index in [2.05, 4.69) is 10.6 Å². The maximum Gasteiger partial charge on any atom is 0.321 e. The normalized spacial score (nSPS) is 17.2. The van der Waals surface area contributed by atoms with Crippen LogP contribution in [0.5, 0.6) is 0 Å². The zero-order chi connectivity index (χ0) is 14.4. The van der Waals surface area contributed by atoms with Crippen LogP contribution in [0.2, 0.25) is 0 Å². The van der Waals surface area contributed by atoms with E-state index in [1.807, 2.05) is 4.90 Å². The van der Waals surface area contributed by atoms with Crippen LogP contribution >= 0.6 is 12.2 Å². The van der Waals surface area contributed by atoms with E-state index in [-0.39, 0.29) is 5.91 Å². The molecule has 1 rings (SSSR count). The van der Waals surface area contributed by atoms with Gasteiger partial charge in [-0.05, 0) is 19.8 Å². The number of amides is 3. The molecule has 7 heteroatoms. The van der Waals surface area contributed by atoms with Gasteiger partial charge in [-0.15, -0.1) is 0 Å². The van der Waals surface area contributed by atoms with Crippen LogP contribution in [0.1, 0.15) is 32.6 Å². The highest BCUT2D eigenvalue weighted by Gasteiger charge is 2.30. The molecule has 1 aliphatic carbocycles. The molecule has 1 aliphatic rings. The maximum atomic E-state index is 12.0. The van der Waals surface area contributed by atoms with Crippen molar-refractivity contribution in [3.8, 4) is 0 Å². The summed E-state index contributed by atoms with van der Waals surface area (Å²) in [5.74, 6) is -0.331. The van der Waals surface area contributed by atoms with Gasteiger partial charge in [-0.25, -0.2) is 4.79 Å². The second kappa shape index (κ2) is 7.40. The third kappa shape index (κ3) is 4.76. The molecule has 0 aromatic rings. The number of hydrogen-bond donors (Lipinski definition) is 3. The van der Waals surface area contributed by atoms with Gasteiger partial charge in [0.15, 0.2) is 0 Å². The van der Waals surface area contributed by atoms with Crippen LogP contribution in [-0.2, 0) is 4.79 Å². The van der Waals surface area contributed by atoms with Crippen molar-refractivity contribution >= 4 is 29.1 Å². The van der Waals surface area contributed by atoms with Gasteiger partial charge in [-0.3, -0.25) is 15.0 Å². The molecule has 6 nitrogen and oxygen atoms in total. The SMILES string of the molecule is CNC(=O)NC(=O)C(C)N(CC(N)=S)C1CCCC1. The molecule has 3 amide bonds. The molecule has 1 saturated carbocycles.